The lowest BCUT2D eigenvalue weighted by atomic mass is 10.0. The monoisotopic (exact) mass is 447 g/mol. The van der Waals surface area contributed by atoms with Crippen LogP contribution in [0.2, 0.25) is 0 Å². The maximum absolute atomic E-state index is 13.3. The molecule has 1 aliphatic heterocycles. The van der Waals surface area contributed by atoms with E-state index < -0.39 is 0 Å². The van der Waals surface area contributed by atoms with E-state index in [0.29, 0.717) is 23.6 Å². The van der Waals surface area contributed by atoms with Gasteiger partial charge in [-0.05, 0) is 54.4 Å². The molecule has 0 saturated heterocycles. The number of imidazole rings is 1. The van der Waals surface area contributed by atoms with Crippen LogP contribution < -0.4 is 10.9 Å². The zero-order chi connectivity index (χ0) is 23.2. The van der Waals surface area contributed by atoms with Crippen molar-refractivity contribution in [1.82, 2.24) is 19.3 Å². The van der Waals surface area contributed by atoms with Gasteiger partial charge >= 0.3 is 0 Å². The summed E-state index contributed by atoms with van der Waals surface area (Å²) in [6.07, 6.45) is 0.650. The smallest absolute Gasteiger partial charge is 0.267 e. The van der Waals surface area contributed by atoms with Gasteiger partial charge in [0.1, 0.15) is 0 Å². The van der Waals surface area contributed by atoms with Crippen molar-refractivity contribution in [2.24, 2.45) is 0 Å². The van der Waals surface area contributed by atoms with Crippen molar-refractivity contribution in [2.45, 2.75) is 19.4 Å². The third kappa shape index (κ3) is 3.21. The van der Waals surface area contributed by atoms with Gasteiger partial charge in [0.05, 0.1) is 22.8 Å². The van der Waals surface area contributed by atoms with Crippen molar-refractivity contribution < 1.29 is 4.79 Å². The molecular formula is C27H21N5O2. The Morgan fingerprint density at radius 2 is 1.71 bits per heavy atom. The number of nitrogens with one attached hydrogen (secondary N) is 1. The molecule has 5 aromatic rings. The first kappa shape index (κ1) is 20.1. The fraction of sp³-hybridized carbons (Fsp3) is 0.111. The predicted octanol–water partition coefficient (Wildman–Crippen LogP) is 4.81. The van der Waals surface area contributed by atoms with E-state index in [-0.39, 0.29) is 17.5 Å². The molecule has 0 fully saturated rings. The number of benzene rings is 3. The van der Waals surface area contributed by atoms with Crippen molar-refractivity contribution in [1.29, 1.82) is 0 Å². The molecule has 6 rings (SSSR count). The summed E-state index contributed by atoms with van der Waals surface area (Å²) in [5.74, 6) is 0.173. The SMILES string of the molecule is CC[C@H]1c2cccc(c2)C(=O)Nc2nc3ccccc3n2-c2cccc(c2)-c2ccc(=O)n1n2. The number of carbonyl (C=O) groups is 1. The Hall–Kier alpha value is -4.52. The van der Waals surface area contributed by atoms with Crippen molar-refractivity contribution in [3.8, 4) is 16.9 Å². The minimum atomic E-state index is -0.295. The van der Waals surface area contributed by atoms with Crippen LogP contribution in [-0.4, -0.2) is 25.2 Å². The summed E-state index contributed by atoms with van der Waals surface area (Å²) in [6.45, 7) is 2.00. The Kier molecular flexibility index (Phi) is 4.62. The Morgan fingerprint density at radius 3 is 2.59 bits per heavy atom. The highest BCUT2D eigenvalue weighted by Crippen LogP contribution is 2.29. The molecule has 6 bridgehead atoms. The first-order valence-electron chi connectivity index (χ1n) is 11.2. The lowest BCUT2D eigenvalue weighted by molar-refractivity contribution is 0.102. The Bertz CT molecular complexity index is 1630. The number of fused-ring (bicyclic) bond motifs is 11. The van der Waals surface area contributed by atoms with E-state index in [4.69, 9.17) is 10.1 Å². The third-order valence-electron chi connectivity index (χ3n) is 6.23. The molecule has 1 aliphatic rings. The van der Waals surface area contributed by atoms with E-state index in [1.807, 2.05) is 78.2 Å². The van der Waals surface area contributed by atoms with Crippen LogP contribution in [0.1, 0.15) is 35.3 Å². The molecule has 7 nitrogen and oxygen atoms in total. The summed E-state index contributed by atoms with van der Waals surface area (Å²) in [7, 11) is 0. The average molecular weight is 447 g/mol. The molecule has 2 aromatic heterocycles. The second-order valence-corrected chi connectivity index (χ2v) is 8.31. The molecule has 3 aromatic carbocycles. The highest BCUT2D eigenvalue weighted by atomic mass is 16.2. The average Bonchev–Trinajstić information content (AvgIpc) is 3.23. The number of amides is 1. The fourth-order valence-corrected chi connectivity index (χ4v) is 4.59. The molecule has 3 heterocycles. The van der Waals surface area contributed by atoms with Crippen LogP contribution in [0.3, 0.4) is 0 Å². The molecule has 1 atom stereocenters. The number of anilines is 1. The maximum Gasteiger partial charge on any atom is 0.267 e. The Morgan fingerprint density at radius 1 is 0.882 bits per heavy atom. The molecule has 0 unspecified atom stereocenters. The minimum absolute atomic E-state index is 0.184. The van der Waals surface area contributed by atoms with Gasteiger partial charge in [0, 0.05) is 22.9 Å². The Balaban J connectivity index is 1.68. The van der Waals surface area contributed by atoms with Crippen LogP contribution in [0.15, 0.2) is 89.7 Å². The molecular weight excluding hydrogens is 426 g/mol. The summed E-state index contributed by atoms with van der Waals surface area (Å²) in [4.78, 5) is 30.8. The topological polar surface area (TPSA) is 81.8 Å². The first-order chi connectivity index (χ1) is 16.6. The zero-order valence-corrected chi connectivity index (χ0v) is 18.5. The number of nitrogens with zero attached hydrogens (tertiary/aromatic N) is 4. The summed E-state index contributed by atoms with van der Waals surface area (Å²) in [5.41, 5.74) is 5.20. The lowest BCUT2D eigenvalue weighted by Crippen LogP contribution is -2.27. The molecule has 1 N–H and O–H groups in total. The van der Waals surface area contributed by atoms with Gasteiger partial charge < -0.3 is 0 Å². The number of rotatable bonds is 1. The molecule has 0 radical (unpaired) electrons. The van der Waals surface area contributed by atoms with E-state index >= 15 is 0 Å². The minimum Gasteiger partial charge on any atom is -0.292 e. The summed E-state index contributed by atoms with van der Waals surface area (Å²) < 4.78 is 3.44. The second kappa shape index (κ2) is 7.81. The molecule has 1 amide bonds. The summed E-state index contributed by atoms with van der Waals surface area (Å²) >= 11 is 0. The van der Waals surface area contributed by atoms with Crippen LogP contribution in [0.5, 0.6) is 0 Å². The van der Waals surface area contributed by atoms with Gasteiger partial charge in [-0.3, -0.25) is 19.5 Å². The number of hydrogen-bond donors (Lipinski definition) is 1. The summed E-state index contributed by atoms with van der Waals surface area (Å²) in [6, 6.07) is 26.0. The van der Waals surface area contributed by atoms with E-state index in [1.54, 1.807) is 18.2 Å². The second-order valence-electron chi connectivity index (χ2n) is 8.31. The van der Waals surface area contributed by atoms with Gasteiger partial charge in [-0.15, -0.1) is 0 Å². The molecule has 0 aliphatic carbocycles. The van der Waals surface area contributed by atoms with Crippen LogP contribution in [0.4, 0.5) is 5.95 Å². The van der Waals surface area contributed by atoms with E-state index in [0.717, 1.165) is 27.8 Å². The third-order valence-corrected chi connectivity index (χ3v) is 6.23. The maximum atomic E-state index is 13.3. The standard InChI is InChI=1S/C27H21N5O2/c1-2-23-18-8-5-9-19(15-18)26(34)29-27-28-22-11-3-4-12-24(22)31(27)20-10-6-7-17(16-20)21-13-14-25(33)32(23)30-21/h3-16,23H,2H2,1H3,(H,28,29,34)/t23-/m0/s1. The van der Waals surface area contributed by atoms with Crippen LogP contribution in [0.25, 0.3) is 28.0 Å². The lowest BCUT2D eigenvalue weighted by Gasteiger charge is -2.20. The molecule has 34 heavy (non-hydrogen) atoms. The normalized spacial score (nSPS) is 14.9. The quantitative estimate of drug-likeness (QED) is 0.400. The van der Waals surface area contributed by atoms with E-state index in [9.17, 15) is 9.59 Å². The van der Waals surface area contributed by atoms with E-state index in [1.165, 1.54) is 4.68 Å². The van der Waals surface area contributed by atoms with Crippen molar-refractivity contribution in [3.05, 3.63) is 106 Å². The molecule has 0 spiro atoms. The predicted molar refractivity (Wildman–Crippen MR) is 131 cm³/mol. The van der Waals surface area contributed by atoms with Crippen molar-refractivity contribution in [2.75, 3.05) is 5.32 Å². The van der Waals surface area contributed by atoms with Gasteiger partial charge in [-0.25, -0.2) is 9.67 Å². The fourth-order valence-electron chi connectivity index (χ4n) is 4.59. The zero-order valence-electron chi connectivity index (χ0n) is 18.5. The van der Waals surface area contributed by atoms with Gasteiger partial charge in [-0.2, -0.15) is 5.10 Å². The van der Waals surface area contributed by atoms with Crippen LogP contribution in [-0.2, 0) is 0 Å². The van der Waals surface area contributed by atoms with Crippen molar-refractivity contribution >= 4 is 22.9 Å². The number of carbonyl (C=O) groups excluding carboxylic acids is 1. The van der Waals surface area contributed by atoms with Gasteiger partial charge in [-0.1, -0.05) is 43.3 Å². The van der Waals surface area contributed by atoms with Gasteiger partial charge in [0.15, 0.2) is 0 Å². The molecule has 166 valence electrons. The highest BCUT2D eigenvalue weighted by Gasteiger charge is 2.20. The van der Waals surface area contributed by atoms with Crippen LogP contribution in [0, 0.1) is 0 Å². The van der Waals surface area contributed by atoms with E-state index in [2.05, 4.69) is 5.32 Å². The van der Waals surface area contributed by atoms with Gasteiger partial charge in [0.25, 0.3) is 11.5 Å². The van der Waals surface area contributed by atoms with Crippen molar-refractivity contribution in [3.63, 3.8) is 0 Å². The van der Waals surface area contributed by atoms with Crippen LogP contribution >= 0.6 is 0 Å². The number of aromatic nitrogens is 4. The molecule has 7 heteroatoms. The highest BCUT2D eigenvalue weighted by molar-refractivity contribution is 6.04. The Labute approximate surface area is 195 Å². The molecule has 0 saturated carbocycles. The van der Waals surface area contributed by atoms with Gasteiger partial charge in [0.2, 0.25) is 5.95 Å². The number of para-hydroxylation sites is 2. The summed E-state index contributed by atoms with van der Waals surface area (Å²) in [5, 5.41) is 7.74. The number of hydrogen-bond acceptors (Lipinski definition) is 4. The first-order valence-corrected chi connectivity index (χ1v) is 11.2. The largest absolute Gasteiger partial charge is 0.292 e.